The number of nitrogen functional groups attached to an aromatic ring is 1. The number of methoxy groups -OCH3 is 1. The second-order valence-electron chi connectivity index (χ2n) is 5.28. The minimum absolute atomic E-state index is 0.210. The number of hydrogen-bond donors (Lipinski definition) is 1. The maximum atomic E-state index is 13.5. The van der Waals surface area contributed by atoms with Gasteiger partial charge in [0, 0.05) is 18.2 Å². The van der Waals surface area contributed by atoms with E-state index < -0.39 is 0 Å². The average molecular weight is 277 g/mol. The highest BCUT2D eigenvalue weighted by Crippen LogP contribution is 2.31. The van der Waals surface area contributed by atoms with E-state index in [1.165, 1.54) is 13.2 Å². The lowest BCUT2D eigenvalue weighted by Crippen LogP contribution is -2.02. The summed E-state index contributed by atoms with van der Waals surface area (Å²) in [5, 5.41) is 4.45. The van der Waals surface area contributed by atoms with Gasteiger partial charge in [0.1, 0.15) is 5.82 Å². The van der Waals surface area contributed by atoms with Crippen LogP contribution in [0.1, 0.15) is 19.4 Å². The topological polar surface area (TPSA) is 53.1 Å². The number of aryl methyl sites for hydroxylation is 1. The molecule has 0 amide bonds. The first-order valence-electron chi connectivity index (χ1n) is 6.59. The second kappa shape index (κ2) is 5.53. The SMILES string of the molecule is COc1cc(-c2nn(C)c(N)c2CC(C)C)ccc1F. The molecule has 0 aliphatic rings. The van der Waals surface area contributed by atoms with Gasteiger partial charge in [0.25, 0.3) is 0 Å². The van der Waals surface area contributed by atoms with Gasteiger partial charge in [-0.1, -0.05) is 13.8 Å². The van der Waals surface area contributed by atoms with Crippen molar-refractivity contribution in [3.63, 3.8) is 0 Å². The third-order valence-corrected chi connectivity index (χ3v) is 3.23. The van der Waals surface area contributed by atoms with Crippen molar-refractivity contribution in [3.8, 4) is 17.0 Å². The molecule has 20 heavy (non-hydrogen) atoms. The zero-order valence-electron chi connectivity index (χ0n) is 12.3. The van der Waals surface area contributed by atoms with E-state index in [-0.39, 0.29) is 11.6 Å². The van der Waals surface area contributed by atoms with Gasteiger partial charge in [0.05, 0.1) is 12.8 Å². The van der Waals surface area contributed by atoms with Gasteiger partial charge < -0.3 is 10.5 Å². The number of anilines is 1. The Balaban J connectivity index is 2.54. The number of nitrogens with two attached hydrogens (primary N) is 1. The van der Waals surface area contributed by atoms with Crippen molar-refractivity contribution in [2.24, 2.45) is 13.0 Å². The minimum atomic E-state index is -0.384. The quantitative estimate of drug-likeness (QED) is 0.934. The van der Waals surface area contributed by atoms with Crippen LogP contribution in [0.5, 0.6) is 5.75 Å². The second-order valence-corrected chi connectivity index (χ2v) is 5.28. The van der Waals surface area contributed by atoms with E-state index in [4.69, 9.17) is 10.5 Å². The normalized spacial score (nSPS) is 11.1. The van der Waals surface area contributed by atoms with Crippen molar-refractivity contribution in [2.75, 3.05) is 12.8 Å². The Morgan fingerprint density at radius 3 is 2.70 bits per heavy atom. The van der Waals surface area contributed by atoms with Gasteiger partial charge in [0.15, 0.2) is 11.6 Å². The van der Waals surface area contributed by atoms with Crippen LogP contribution in [0.2, 0.25) is 0 Å². The van der Waals surface area contributed by atoms with Gasteiger partial charge in [-0.2, -0.15) is 5.10 Å². The first-order chi connectivity index (χ1) is 9.43. The fourth-order valence-corrected chi connectivity index (χ4v) is 2.23. The Bertz CT molecular complexity index is 620. The van der Waals surface area contributed by atoms with E-state index in [0.717, 1.165) is 23.2 Å². The standard InChI is InChI=1S/C15H20FN3O/c1-9(2)7-11-14(18-19(3)15(11)17)10-5-6-12(16)13(8-10)20-4/h5-6,8-9H,7,17H2,1-4H3. The Kier molecular flexibility index (Phi) is 3.97. The molecule has 4 nitrogen and oxygen atoms in total. The number of rotatable bonds is 4. The minimum Gasteiger partial charge on any atom is -0.494 e. The number of benzene rings is 1. The lowest BCUT2D eigenvalue weighted by molar-refractivity contribution is 0.387. The van der Waals surface area contributed by atoms with Gasteiger partial charge in [-0.15, -0.1) is 0 Å². The van der Waals surface area contributed by atoms with Crippen LogP contribution in [0.3, 0.4) is 0 Å². The summed E-state index contributed by atoms with van der Waals surface area (Å²) in [7, 11) is 3.26. The molecule has 2 rings (SSSR count). The summed E-state index contributed by atoms with van der Waals surface area (Å²) in [5.74, 6) is 0.937. The van der Waals surface area contributed by atoms with Gasteiger partial charge in [-0.05, 0) is 30.5 Å². The number of aromatic nitrogens is 2. The Labute approximate surface area is 118 Å². The van der Waals surface area contributed by atoms with Crippen molar-refractivity contribution in [1.29, 1.82) is 0 Å². The number of nitrogens with zero attached hydrogens (tertiary/aromatic N) is 2. The maximum Gasteiger partial charge on any atom is 0.165 e. The van der Waals surface area contributed by atoms with Crippen LogP contribution < -0.4 is 10.5 Å². The highest BCUT2D eigenvalue weighted by molar-refractivity contribution is 5.69. The fraction of sp³-hybridized carbons (Fsp3) is 0.400. The summed E-state index contributed by atoms with van der Waals surface area (Å²) in [4.78, 5) is 0. The van der Waals surface area contributed by atoms with Crippen molar-refractivity contribution in [3.05, 3.63) is 29.6 Å². The molecule has 1 aromatic carbocycles. The largest absolute Gasteiger partial charge is 0.494 e. The van der Waals surface area contributed by atoms with Crippen molar-refractivity contribution in [1.82, 2.24) is 9.78 Å². The van der Waals surface area contributed by atoms with Crippen LogP contribution in [-0.4, -0.2) is 16.9 Å². The molecule has 0 saturated heterocycles. The van der Waals surface area contributed by atoms with Crippen LogP contribution >= 0.6 is 0 Å². The molecule has 0 fully saturated rings. The monoisotopic (exact) mass is 277 g/mol. The van der Waals surface area contributed by atoms with Gasteiger partial charge >= 0.3 is 0 Å². The lowest BCUT2D eigenvalue weighted by Gasteiger charge is -2.08. The smallest absolute Gasteiger partial charge is 0.165 e. The number of halogens is 1. The number of hydrogen-bond acceptors (Lipinski definition) is 3. The van der Waals surface area contributed by atoms with Gasteiger partial charge in [-0.3, -0.25) is 4.68 Å². The van der Waals surface area contributed by atoms with Gasteiger partial charge in [-0.25, -0.2) is 4.39 Å². The van der Waals surface area contributed by atoms with Crippen LogP contribution in [0.25, 0.3) is 11.3 Å². The first-order valence-corrected chi connectivity index (χ1v) is 6.59. The molecule has 5 heteroatoms. The molecule has 0 spiro atoms. The summed E-state index contributed by atoms with van der Waals surface area (Å²) in [5.41, 5.74) is 8.68. The predicted molar refractivity (Wildman–Crippen MR) is 78.1 cm³/mol. The molecule has 1 heterocycles. The predicted octanol–water partition coefficient (Wildman–Crippen LogP) is 3.02. The zero-order chi connectivity index (χ0) is 14.9. The Morgan fingerprint density at radius 1 is 1.40 bits per heavy atom. The van der Waals surface area contributed by atoms with Crippen molar-refractivity contribution < 1.29 is 9.13 Å². The molecule has 2 N–H and O–H groups in total. The molecule has 0 radical (unpaired) electrons. The van der Waals surface area contributed by atoms with E-state index in [1.54, 1.807) is 16.8 Å². The molecule has 108 valence electrons. The fourth-order valence-electron chi connectivity index (χ4n) is 2.23. The summed E-state index contributed by atoms with van der Waals surface area (Å²) in [6.45, 7) is 4.25. The van der Waals surface area contributed by atoms with Crippen LogP contribution in [-0.2, 0) is 13.5 Å². The summed E-state index contributed by atoms with van der Waals surface area (Å²) in [6, 6.07) is 4.74. The molecule has 0 atom stereocenters. The molecular weight excluding hydrogens is 257 g/mol. The Morgan fingerprint density at radius 2 is 2.10 bits per heavy atom. The van der Waals surface area contributed by atoms with E-state index in [2.05, 4.69) is 18.9 Å². The van der Waals surface area contributed by atoms with E-state index >= 15 is 0 Å². The lowest BCUT2D eigenvalue weighted by atomic mass is 9.99. The van der Waals surface area contributed by atoms with Crippen LogP contribution in [0.15, 0.2) is 18.2 Å². The first kappa shape index (κ1) is 14.4. The summed E-state index contributed by atoms with van der Waals surface area (Å²) < 4.78 is 20.2. The highest BCUT2D eigenvalue weighted by Gasteiger charge is 2.17. The van der Waals surface area contributed by atoms with E-state index in [1.807, 2.05) is 7.05 Å². The molecule has 1 aromatic heterocycles. The van der Waals surface area contributed by atoms with Crippen molar-refractivity contribution >= 4 is 5.82 Å². The molecule has 0 aliphatic heterocycles. The van der Waals surface area contributed by atoms with Crippen LogP contribution in [0, 0.1) is 11.7 Å². The van der Waals surface area contributed by atoms with Crippen molar-refractivity contribution in [2.45, 2.75) is 20.3 Å². The van der Waals surface area contributed by atoms with E-state index in [0.29, 0.717) is 11.7 Å². The summed E-state index contributed by atoms with van der Waals surface area (Å²) >= 11 is 0. The van der Waals surface area contributed by atoms with E-state index in [9.17, 15) is 4.39 Å². The number of ether oxygens (including phenoxy) is 1. The molecule has 0 saturated carbocycles. The third-order valence-electron chi connectivity index (χ3n) is 3.23. The molecule has 0 unspecified atom stereocenters. The molecule has 0 aliphatic carbocycles. The average Bonchev–Trinajstić information content (AvgIpc) is 2.67. The highest BCUT2D eigenvalue weighted by atomic mass is 19.1. The third kappa shape index (κ3) is 2.61. The summed E-state index contributed by atoms with van der Waals surface area (Å²) in [6.07, 6.45) is 0.828. The Hall–Kier alpha value is -2.04. The molecule has 0 bridgehead atoms. The maximum absolute atomic E-state index is 13.5. The van der Waals surface area contributed by atoms with Gasteiger partial charge in [0.2, 0.25) is 0 Å². The van der Waals surface area contributed by atoms with Crippen LogP contribution in [0.4, 0.5) is 10.2 Å². The molecule has 2 aromatic rings. The molecular formula is C15H20FN3O. The zero-order valence-corrected chi connectivity index (χ0v) is 12.3.